The molecule has 0 atom stereocenters. The second kappa shape index (κ2) is 7.12. The molecule has 3 N–H and O–H groups in total. The van der Waals surface area contributed by atoms with E-state index in [-0.39, 0.29) is 27.7 Å². The molecule has 9 heteroatoms. The van der Waals surface area contributed by atoms with Crippen molar-refractivity contribution in [1.29, 1.82) is 0 Å². The van der Waals surface area contributed by atoms with Crippen LogP contribution in [0.4, 0.5) is 5.69 Å². The summed E-state index contributed by atoms with van der Waals surface area (Å²) in [6.45, 7) is 0. The smallest absolute Gasteiger partial charge is 0.238 e. The van der Waals surface area contributed by atoms with E-state index in [4.69, 9.17) is 5.14 Å². The molecule has 0 spiro atoms. The van der Waals surface area contributed by atoms with Gasteiger partial charge in [0.1, 0.15) is 0 Å². The van der Waals surface area contributed by atoms with Crippen LogP contribution in [-0.2, 0) is 24.7 Å². The van der Waals surface area contributed by atoms with Gasteiger partial charge in [-0.05, 0) is 30.3 Å². The van der Waals surface area contributed by atoms with Crippen LogP contribution in [-0.4, -0.2) is 28.5 Å². The first-order valence-corrected chi connectivity index (χ1v) is 10.1. The van der Waals surface area contributed by atoms with Gasteiger partial charge >= 0.3 is 0 Å². The predicted molar refractivity (Wildman–Crippen MR) is 89.6 cm³/mol. The standard InChI is InChI=1S/C15H16N2O5S2/c16-24(21,22)14-8-4-5-12(11-14)17-15(18)9-10-23(19,20)13-6-2-1-3-7-13/h1-8,11H,9-10H2,(H,17,18)(H2,16,21,22). The third-order valence-corrected chi connectivity index (χ3v) is 5.79. The van der Waals surface area contributed by atoms with Crippen LogP contribution in [0.15, 0.2) is 64.4 Å². The second-order valence-electron chi connectivity index (χ2n) is 5.00. The number of sulfonamides is 1. The first-order valence-electron chi connectivity index (χ1n) is 6.89. The van der Waals surface area contributed by atoms with Gasteiger partial charge < -0.3 is 5.32 Å². The Balaban J connectivity index is 2.02. The van der Waals surface area contributed by atoms with Gasteiger partial charge in [-0.3, -0.25) is 4.79 Å². The monoisotopic (exact) mass is 368 g/mol. The molecule has 0 unspecified atom stereocenters. The van der Waals surface area contributed by atoms with Gasteiger partial charge in [-0.25, -0.2) is 22.0 Å². The number of nitrogens with two attached hydrogens (primary N) is 1. The van der Waals surface area contributed by atoms with Gasteiger partial charge in [-0.2, -0.15) is 0 Å². The van der Waals surface area contributed by atoms with Gasteiger partial charge in [0.15, 0.2) is 9.84 Å². The summed E-state index contributed by atoms with van der Waals surface area (Å²) in [6.07, 6.45) is -0.253. The van der Waals surface area contributed by atoms with Gasteiger partial charge in [-0.1, -0.05) is 24.3 Å². The summed E-state index contributed by atoms with van der Waals surface area (Å²) in [7, 11) is -7.44. The van der Waals surface area contributed by atoms with E-state index in [1.807, 2.05) is 0 Å². The molecule has 1 amide bonds. The number of nitrogens with one attached hydrogen (secondary N) is 1. The summed E-state index contributed by atoms with van der Waals surface area (Å²) in [5, 5.41) is 7.47. The molecule has 0 aliphatic heterocycles. The fourth-order valence-corrected chi connectivity index (χ4v) is 3.77. The predicted octanol–water partition coefficient (Wildman–Crippen LogP) is 1.14. The maximum absolute atomic E-state index is 12.1. The lowest BCUT2D eigenvalue weighted by Gasteiger charge is -2.07. The molecule has 2 aromatic rings. The number of hydrogen-bond acceptors (Lipinski definition) is 5. The average molecular weight is 368 g/mol. The molecule has 2 rings (SSSR count). The van der Waals surface area contributed by atoms with E-state index < -0.39 is 25.8 Å². The normalized spacial score (nSPS) is 11.9. The first-order chi connectivity index (χ1) is 11.2. The Bertz CT molecular complexity index is 939. The number of sulfone groups is 1. The summed E-state index contributed by atoms with van der Waals surface area (Å²) < 4.78 is 46.7. The summed E-state index contributed by atoms with van der Waals surface area (Å²) >= 11 is 0. The molecule has 0 bridgehead atoms. The van der Waals surface area contributed by atoms with Crippen LogP contribution in [0, 0.1) is 0 Å². The van der Waals surface area contributed by atoms with Crippen LogP contribution in [0.2, 0.25) is 0 Å². The Kier molecular flexibility index (Phi) is 5.37. The molecule has 0 saturated carbocycles. The molecule has 0 heterocycles. The maximum Gasteiger partial charge on any atom is 0.238 e. The SMILES string of the molecule is NS(=O)(=O)c1cccc(NC(=O)CCS(=O)(=O)c2ccccc2)c1. The number of amides is 1. The first kappa shape index (κ1) is 18.1. The Labute approximate surface area is 140 Å². The molecule has 0 aromatic heterocycles. The topological polar surface area (TPSA) is 123 Å². The molecule has 0 saturated heterocycles. The van der Waals surface area contributed by atoms with Gasteiger partial charge in [0.25, 0.3) is 0 Å². The molecule has 0 aliphatic rings. The zero-order valence-corrected chi connectivity index (χ0v) is 14.2. The van der Waals surface area contributed by atoms with Crippen LogP contribution < -0.4 is 10.5 Å². The minimum Gasteiger partial charge on any atom is -0.326 e. The summed E-state index contributed by atoms with van der Waals surface area (Å²) in [6, 6.07) is 13.2. The van der Waals surface area contributed by atoms with Crippen molar-refractivity contribution in [1.82, 2.24) is 0 Å². The fraction of sp³-hybridized carbons (Fsp3) is 0.133. The average Bonchev–Trinajstić information content (AvgIpc) is 2.53. The van der Waals surface area contributed by atoms with Crippen LogP contribution in [0.5, 0.6) is 0 Å². The molecule has 24 heavy (non-hydrogen) atoms. The van der Waals surface area contributed by atoms with E-state index >= 15 is 0 Å². The molecule has 0 aliphatic carbocycles. The Morgan fingerprint density at radius 2 is 1.54 bits per heavy atom. The highest BCUT2D eigenvalue weighted by Crippen LogP contribution is 2.15. The molecule has 0 fully saturated rings. The van der Waals surface area contributed by atoms with Gasteiger partial charge in [-0.15, -0.1) is 0 Å². The lowest BCUT2D eigenvalue weighted by atomic mass is 10.3. The zero-order valence-electron chi connectivity index (χ0n) is 12.5. The number of rotatable bonds is 6. The molecule has 128 valence electrons. The second-order valence-corrected chi connectivity index (χ2v) is 8.67. The largest absolute Gasteiger partial charge is 0.326 e. The highest BCUT2D eigenvalue weighted by Gasteiger charge is 2.16. The zero-order chi connectivity index (χ0) is 17.8. The molecule has 2 aromatic carbocycles. The summed E-state index contributed by atoms with van der Waals surface area (Å²) in [5.74, 6) is -0.890. The molecule has 7 nitrogen and oxygen atoms in total. The van der Waals surface area contributed by atoms with E-state index in [9.17, 15) is 21.6 Å². The van der Waals surface area contributed by atoms with Crippen LogP contribution in [0.1, 0.15) is 6.42 Å². The van der Waals surface area contributed by atoms with Crippen LogP contribution >= 0.6 is 0 Å². The van der Waals surface area contributed by atoms with Crippen molar-refractivity contribution < 1.29 is 21.6 Å². The molecular formula is C15H16N2O5S2. The molecule has 0 radical (unpaired) electrons. The summed E-state index contributed by atoms with van der Waals surface area (Å²) in [5.41, 5.74) is 0.226. The van der Waals surface area contributed by atoms with Crippen LogP contribution in [0.3, 0.4) is 0 Å². The number of carbonyl (C=O) groups is 1. The van der Waals surface area contributed by atoms with Crippen molar-refractivity contribution >= 4 is 31.5 Å². The molecular weight excluding hydrogens is 352 g/mol. The van der Waals surface area contributed by atoms with Crippen LogP contribution in [0.25, 0.3) is 0 Å². The number of carbonyl (C=O) groups excluding carboxylic acids is 1. The lowest BCUT2D eigenvalue weighted by molar-refractivity contribution is -0.115. The van der Waals surface area contributed by atoms with Crippen molar-refractivity contribution in [3.8, 4) is 0 Å². The maximum atomic E-state index is 12.1. The minimum absolute atomic E-state index is 0.141. The lowest BCUT2D eigenvalue weighted by Crippen LogP contribution is -2.18. The minimum atomic E-state index is -3.88. The van der Waals surface area contributed by atoms with Crippen molar-refractivity contribution in [3.05, 3.63) is 54.6 Å². The highest BCUT2D eigenvalue weighted by molar-refractivity contribution is 7.91. The van der Waals surface area contributed by atoms with Gasteiger partial charge in [0, 0.05) is 12.1 Å². The summed E-state index contributed by atoms with van der Waals surface area (Å²) in [4.78, 5) is 11.9. The quantitative estimate of drug-likeness (QED) is 0.791. The number of hydrogen-bond donors (Lipinski definition) is 2. The Morgan fingerprint density at radius 1 is 0.917 bits per heavy atom. The van der Waals surface area contributed by atoms with Gasteiger partial charge in [0.05, 0.1) is 15.5 Å². The Morgan fingerprint density at radius 3 is 2.17 bits per heavy atom. The third-order valence-electron chi connectivity index (χ3n) is 3.15. The third kappa shape index (κ3) is 4.88. The van der Waals surface area contributed by atoms with E-state index in [0.29, 0.717) is 0 Å². The van der Waals surface area contributed by atoms with E-state index in [0.717, 1.165) is 0 Å². The Hall–Kier alpha value is -2.23. The fourth-order valence-electron chi connectivity index (χ4n) is 1.95. The van der Waals surface area contributed by atoms with Crippen molar-refractivity contribution in [3.63, 3.8) is 0 Å². The number of anilines is 1. The number of benzene rings is 2. The van der Waals surface area contributed by atoms with E-state index in [1.54, 1.807) is 18.2 Å². The number of primary sulfonamides is 1. The van der Waals surface area contributed by atoms with Crippen molar-refractivity contribution in [2.45, 2.75) is 16.2 Å². The highest BCUT2D eigenvalue weighted by atomic mass is 32.2. The van der Waals surface area contributed by atoms with E-state index in [1.165, 1.54) is 36.4 Å². The van der Waals surface area contributed by atoms with Gasteiger partial charge in [0.2, 0.25) is 15.9 Å². The van der Waals surface area contributed by atoms with Crippen molar-refractivity contribution in [2.75, 3.05) is 11.1 Å². The van der Waals surface area contributed by atoms with Crippen molar-refractivity contribution in [2.24, 2.45) is 5.14 Å². The van der Waals surface area contributed by atoms with E-state index in [2.05, 4.69) is 5.32 Å².